The van der Waals surface area contributed by atoms with Crippen molar-refractivity contribution < 1.29 is 9.18 Å². The highest BCUT2D eigenvalue weighted by atomic mass is 32.1. The van der Waals surface area contributed by atoms with Crippen LogP contribution < -0.4 is 5.32 Å². The first kappa shape index (κ1) is 14.0. The Bertz CT molecular complexity index is 601. The number of benzene rings is 1. The highest BCUT2D eigenvalue weighted by molar-refractivity contribution is 7.21. The molecule has 2 nitrogen and oxygen atoms in total. The summed E-state index contributed by atoms with van der Waals surface area (Å²) in [7, 11) is 0. The van der Waals surface area contributed by atoms with E-state index in [9.17, 15) is 9.18 Å². The highest BCUT2D eigenvalue weighted by Gasteiger charge is 2.19. The quantitative estimate of drug-likeness (QED) is 0.889. The van der Waals surface area contributed by atoms with Gasteiger partial charge in [-0.2, -0.15) is 0 Å². The number of hydrogen-bond acceptors (Lipinski definition) is 2. The summed E-state index contributed by atoms with van der Waals surface area (Å²) in [6.45, 7) is 5.90. The van der Waals surface area contributed by atoms with Crippen molar-refractivity contribution in [1.82, 2.24) is 5.32 Å². The van der Waals surface area contributed by atoms with Crippen molar-refractivity contribution in [3.05, 3.63) is 34.5 Å². The summed E-state index contributed by atoms with van der Waals surface area (Å²) in [5, 5.41) is 3.57. The van der Waals surface area contributed by atoms with Crippen molar-refractivity contribution in [2.75, 3.05) is 0 Å². The Hall–Kier alpha value is -1.42. The summed E-state index contributed by atoms with van der Waals surface area (Å²) in [5.41, 5.74) is 0.738. The Balaban J connectivity index is 2.38. The van der Waals surface area contributed by atoms with Gasteiger partial charge in [0.25, 0.3) is 5.91 Å². The number of thiophene rings is 1. The number of aryl methyl sites for hydroxylation is 1. The van der Waals surface area contributed by atoms with Gasteiger partial charge < -0.3 is 5.32 Å². The molecule has 0 radical (unpaired) electrons. The SMILES string of the molecule is CCC(CC)NC(=O)c1sc2cccc(F)c2c1C. The number of fused-ring (bicyclic) bond motifs is 1. The monoisotopic (exact) mass is 279 g/mol. The zero-order valence-electron chi connectivity index (χ0n) is 11.4. The van der Waals surface area contributed by atoms with Crippen LogP contribution in [0.4, 0.5) is 4.39 Å². The second-order valence-electron chi connectivity index (χ2n) is 4.66. The topological polar surface area (TPSA) is 29.1 Å². The average molecular weight is 279 g/mol. The van der Waals surface area contributed by atoms with E-state index >= 15 is 0 Å². The number of hydrogen-bond donors (Lipinski definition) is 1. The maximum Gasteiger partial charge on any atom is 0.261 e. The second kappa shape index (κ2) is 5.70. The minimum atomic E-state index is -0.257. The van der Waals surface area contributed by atoms with Gasteiger partial charge in [0.05, 0.1) is 4.88 Å². The zero-order chi connectivity index (χ0) is 14.0. The van der Waals surface area contributed by atoms with E-state index in [1.165, 1.54) is 17.4 Å². The molecule has 0 spiro atoms. The van der Waals surface area contributed by atoms with Crippen LogP contribution in [0.25, 0.3) is 10.1 Å². The van der Waals surface area contributed by atoms with Crippen LogP contribution in [-0.4, -0.2) is 11.9 Å². The van der Waals surface area contributed by atoms with Gasteiger partial charge in [-0.3, -0.25) is 4.79 Å². The Kier molecular flexibility index (Phi) is 4.20. The third kappa shape index (κ3) is 2.63. The predicted octanol–water partition coefficient (Wildman–Crippen LogP) is 4.27. The normalized spacial score (nSPS) is 11.2. The van der Waals surface area contributed by atoms with E-state index in [4.69, 9.17) is 0 Å². The molecule has 2 aromatic rings. The van der Waals surface area contributed by atoms with Crippen LogP contribution >= 0.6 is 11.3 Å². The van der Waals surface area contributed by atoms with Gasteiger partial charge in [-0.1, -0.05) is 19.9 Å². The van der Waals surface area contributed by atoms with Crippen LogP contribution in [0.2, 0.25) is 0 Å². The van der Waals surface area contributed by atoms with Crippen molar-refractivity contribution in [1.29, 1.82) is 0 Å². The number of rotatable bonds is 4. The molecule has 0 unspecified atom stereocenters. The predicted molar refractivity (Wildman–Crippen MR) is 78.4 cm³/mol. The molecular formula is C15H18FNOS. The van der Waals surface area contributed by atoms with Gasteiger partial charge in [0.2, 0.25) is 0 Å². The average Bonchev–Trinajstić information content (AvgIpc) is 2.74. The summed E-state index contributed by atoms with van der Waals surface area (Å²) in [6, 6.07) is 5.15. The molecule has 2 rings (SSSR count). The summed E-state index contributed by atoms with van der Waals surface area (Å²) in [5.74, 6) is -0.348. The Morgan fingerprint density at radius 2 is 2.05 bits per heavy atom. The number of halogens is 1. The van der Waals surface area contributed by atoms with E-state index in [0.717, 1.165) is 23.1 Å². The molecule has 1 amide bonds. The fourth-order valence-corrected chi connectivity index (χ4v) is 3.34. The lowest BCUT2D eigenvalue weighted by Crippen LogP contribution is -2.33. The lowest BCUT2D eigenvalue weighted by molar-refractivity contribution is 0.0938. The number of nitrogens with one attached hydrogen (secondary N) is 1. The number of amides is 1. The Labute approximate surface area is 116 Å². The van der Waals surface area contributed by atoms with Gasteiger partial charge in [0.1, 0.15) is 5.82 Å². The van der Waals surface area contributed by atoms with Gasteiger partial charge in [-0.15, -0.1) is 11.3 Å². The van der Waals surface area contributed by atoms with E-state index in [1.54, 1.807) is 6.07 Å². The minimum Gasteiger partial charge on any atom is -0.349 e. The minimum absolute atomic E-state index is 0.0909. The molecule has 1 aromatic carbocycles. The van der Waals surface area contributed by atoms with Gasteiger partial charge in [-0.05, 0) is 37.5 Å². The molecule has 4 heteroatoms. The van der Waals surface area contributed by atoms with Crippen LogP contribution in [-0.2, 0) is 0 Å². The molecule has 1 heterocycles. The number of carbonyl (C=O) groups excluding carboxylic acids is 1. The lowest BCUT2D eigenvalue weighted by atomic mass is 10.1. The molecular weight excluding hydrogens is 261 g/mol. The molecule has 0 atom stereocenters. The van der Waals surface area contributed by atoms with E-state index < -0.39 is 0 Å². The van der Waals surface area contributed by atoms with Crippen molar-refractivity contribution in [3.63, 3.8) is 0 Å². The molecule has 0 bridgehead atoms. The van der Waals surface area contributed by atoms with Crippen LogP contribution in [0.3, 0.4) is 0 Å². The summed E-state index contributed by atoms with van der Waals surface area (Å²) < 4.78 is 14.6. The van der Waals surface area contributed by atoms with Gasteiger partial charge >= 0.3 is 0 Å². The fraction of sp³-hybridized carbons (Fsp3) is 0.400. The number of carbonyl (C=O) groups is 1. The van der Waals surface area contributed by atoms with E-state index in [0.29, 0.717) is 10.3 Å². The summed E-state index contributed by atoms with van der Waals surface area (Å²) in [4.78, 5) is 12.9. The summed E-state index contributed by atoms with van der Waals surface area (Å²) >= 11 is 1.36. The zero-order valence-corrected chi connectivity index (χ0v) is 12.2. The largest absolute Gasteiger partial charge is 0.349 e. The third-order valence-electron chi connectivity index (χ3n) is 3.43. The van der Waals surface area contributed by atoms with Gasteiger partial charge in [-0.25, -0.2) is 4.39 Å². The molecule has 1 aromatic heterocycles. The molecule has 0 saturated carbocycles. The molecule has 0 aliphatic rings. The first-order valence-corrected chi connectivity index (χ1v) is 7.38. The van der Waals surface area contributed by atoms with Crippen LogP contribution in [0.5, 0.6) is 0 Å². The van der Waals surface area contributed by atoms with E-state index in [1.807, 2.05) is 26.8 Å². The first-order chi connectivity index (χ1) is 9.08. The van der Waals surface area contributed by atoms with Crippen molar-refractivity contribution in [3.8, 4) is 0 Å². The van der Waals surface area contributed by atoms with Crippen molar-refractivity contribution in [2.24, 2.45) is 0 Å². The smallest absolute Gasteiger partial charge is 0.261 e. The van der Waals surface area contributed by atoms with Crippen molar-refractivity contribution >= 4 is 27.3 Å². The highest BCUT2D eigenvalue weighted by Crippen LogP contribution is 2.32. The molecule has 0 fully saturated rings. The lowest BCUT2D eigenvalue weighted by Gasteiger charge is -2.14. The molecule has 19 heavy (non-hydrogen) atoms. The van der Waals surface area contributed by atoms with Crippen LogP contribution in [0.1, 0.15) is 41.9 Å². The van der Waals surface area contributed by atoms with E-state index in [-0.39, 0.29) is 17.8 Å². The maximum absolute atomic E-state index is 13.8. The van der Waals surface area contributed by atoms with Crippen molar-refractivity contribution in [2.45, 2.75) is 39.7 Å². The van der Waals surface area contributed by atoms with Crippen LogP contribution in [0.15, 0.2) is 18.2 Å². The Morgan fingerprint density at radius 3 is 2.63 bits per heavy atom. The van der Waals surface area contributed by atoms with Gasteiger partial charge in [0, 0.05) is 16.1 Å². The molecule has 0 aliphatic heterocycles. The second-order valence-corrected chi connectivity index (χ2v) is 5.71. The fourth-order valence-electron chi connectivity index (χ4n) is 2.21. The first-order valence-electron chi connectivity index (χ1n) is 6.56. The third-order valence-corrected chi connectivity index (χ3v) is 4.69. The van der Waals surface area contributed by atoms with E-state index in [2.05, 4.69) is 5.32 Å². The van der Waals surface area contributed by atoms with Crippen LogP contribution in [0, 0.1) is 12.7 Å². The standard InChI is InChI=1S/C15H18FNOS/c1-4-10(5-2)17-15(18)14-9(3)13-11(16)7-6-8-12(13)19-14/h6-8,10H,4-5H2,1-3H3,(H,17,18). The maximum atomic E-state index is 13.8. The molecule has 102 valence electrons. The Morgan fingerprint density at radius 1 is 1.37 bits per heavy atom. The van der Waals surface area contributed by atoms with Gasteiger partial charge in [0.15, 0.2) is 0 Å². The summed E-state index contributed by atoms with van der Waals surface area (Å²) in [6.07, 6.45) is 1.81. The molecule has 1 N–H and O–H groups in total. The molecule has 0 saturated heterocycles. The molecule has 0 aliphatic carbocycles.